The normalized spacial score (nSPS) is 11.2. The maximum Gasteiger partial charge on any atom is 0.0195 e. The Morgan fingerprint density at radius 2 is 1.28 bits per heavy atom. The molecular formula is C33H38HfN2-4. The van der Waals surface area contributed by atoms with Crippen molar-refractivity contribution in [3.05, 3.63) is 139 Å². The molecule has 0 spiro atoms. The molecule has 0 saturated heterocycles. The largest absolute Gasteiger partial charge is 0.673 e. The minimum atomic E-state index is -0.188. The van der Waals surface area contributed by atoms with Crippen LogP contribution >= 0.6 is 0 Å². The summed E-state index contributed by atoms with van der Waals surface area (Å²) in [4.78, 5) is 5.08. The van der Waals surface area contributed by atoms with E-state index in [0.717, 1.165) is 22.6 Å². The van der Waals surface area contributed by atoms with E-state index in [1.54, 1.807) is 0 Å². The molecule has 0 saturated carbocycles. The zero-order valence-corrected chi connectivity index (χ0v) is 26.3. The number of pyridine rings is 1. The Bertz CT molecular complexity index is 1190. The van der Waals surface area contributed by atoms with Crippen molar-refractivity contribution in [2.75, 3.05) is 0 Å². The fourth-order valence-electron chi connectivity index (χ4n) is 4.28. The molecule has 1 atom stereocenters. The second kappa shape index (κ2) is 14.3. The fraction of sp³-hybridized carbons (Fsp3) is 0.242. The number of benzene rings is 3. The van der Waals surface area contributed by atoms with E-state index in [1.165, 1.54) is 22.3 Å². The second-order valence-electron chi connectivity index (χ2n) is 9.21. The van der Waals surface area contributed by atoms with E-state index in [9.17, 15) is 0 Å². The average molecular weight is 641 g/mol. The molecule has 3 aromatic carbocycles. The number of aromatic nitrogens is 1. The van der Waals surface area contributed by atoms with Gasteiger partial charge in [0.25, 0.3) is 0 Å². The van der Waals surface area contributed by atoms with Gasteiger partial charge in [0.05, 0.1) is 0 Å². The van der Waals surface area contributed by atoms with Crippen molar-refractivity contribution >= 4 is 5.69 Å². The summed E-state index contributed by atoms with van der Waals surface area (Å²) in [5, 5.41) is 5.46. The van der Waals surface area contributed by atoms with Crippen LogP contribution in [0.1, 0.15) is 73.5 Å². The van der Waals surface area contributed by atoms with Crippen LogP contribution in [0.2, 0.25) is 0 Å². The van der Waals surface area contributed by atoms with Gasteiger partial charge in [0.1, 0.15) is 0 Å². The van der Waals surface area contributed by atoms with Gasteiger partial charge >= 0.3 is 0 Å². The maximum atomic E-state index is 5.46. The minimum absolute atomic E-state index is 0. The van der Waals surface area contributed by atoms with Crippen molar-refractivity contribution in [3.63, 3.8) is 0 Å². The third-order valence-electron chi connectivity index (χ3n) is 6.12. The van der Waals surface area contributed by atoms with E-state index in [2.05, 4.69) is 101 Å². The summed E-state index contributed by atoms with van der Waals surface area (Å²) in [5.74, 6) is 0.774. The third kappa shape index (κ3) is 7.03. The minimum Gasteiger partial charge on any atom is -0.673 e. The third-order valence-corrected chi connectivity index (χ3v) is 6.12. The van der Waals surface area contributed by atoms with Crippen molar-refractivity contribution in [3.8, 4) is 11.3 Å². The predicted octanol–water partition coefficient (Wildman–Crippen LogP) is 9.80. The number of rotatable bonds is 7. The summed E-state index contributed by atoms with van der Waals surface area (Å²) in [7, 11) is 0. The van der Waals surface area contributed by atoms with Crippen LogP contribution in [0.4, 0.5) is 5.69 Å². The Labute approximate surface area is 238 Å². The Morgan fingerprint density at radius 1 is 0.694 bits per heavy atom. The molecule has 4 aromatic rings. The van der Waals surface area contributed by atoms with E-state index >= 15 is 0 Å². The van der Waals surface area contributed by atoms with E-state index in [4.69, 9.17) is 10.3 Å². The molecule has 0 aliphatic rings. The Morgan fingerprint density at radius 3 is 1.86 bits per heavy atom. The number of hydrogen-bond acceptors (Lipinski definition) is 1. The van der Waals surface area contributed by atoms with Gasteiger partial charge in [-0.05, 0) is 42.1 Å². The summed E-state index contributed by atoms with van der Waals surface area (Å²) in [6, 6.07) is 32.4. The molecule has 0 N–H and O–H groups in total. The topological polar surface area (TPSA) is 27.0 Å². The predicted molar refractivity (Wildman–Crippen MR) is 152 cm³/mol. The number of hydrogen-bond donors (Lipinski definition) is 0. The first kappa shape index (κ1) is 31.5. The first-order valence-corrected chi connectivity index (χ1v) is 11.8. The molecule has 1 heterocycles. The molecule has 1 aromatic heterocycles. The van der Waals surface area contributed by atoms with Gasteiger partial charge in [-0.3, -0.25) is 0 Å². The second-order valence-corrected chi connectivity index (χ2v) is 9.21. The molecule has 0 aliphatic heterocycles. The SMILES string of the molecule is Cc1ccccc1C([N-]c1c(C(C)C)cccc1C(C)C)c1cccc(-c2[c-]cccc2)n1.[CH3-].[CH3-].[Hf]. The van der Waals surface area contributed by atoms with Crippen LogP contribution in [0.15, 0.2) is 84.9 Å². The standard InChI is InChI=1S/C31H32N2.2CH3.Hf/c1-21(2)25-17-11-18-26(22(3)4)30(25)33-31(27-16-10-9-13-23(27)5)29-20-12-19-28(32-29)24-14-7-6-8-15-24;;;/h6-14,16-22,31H,1-5H3;2*1H3;/q-2;2*-1;. The van der Waals surface area contributed by atoms with Crippen LogP contribution in [0.25, 0.3) is 16.6 Å². The van der Waals surface area contributed by atoms with E-state index in [1.807, 2.05) is 24.3 Å². The Hall–Kier alpha value is -2.52. The molecule has 1 unspecified atom stereocenters. The number of para-hydroxylation sites is 1. The van der Waals surface area contributed by atoms with Crippen LogP contribution in [-0.4, -0.2) is 4.98 Å². The van der Waals surface area contributed by atoms with Gasteiger partial charge in [-0.1, -0.05) is 99.0 Å². The molecule has 3 heteroatoms. The molecule has 0 radical (unpaired) electrons. The van der Waals surface area contributed by atoms with E-state index in [0.29, 0.717) is 11.8 Å². The quantitative estimate of drug-likeness (QED) is 0.146. The van der Waals surface area contributed by atoms with Crippen LogP contribution in [0.5, 0.6) is 0 Å². The average Bonchev–Trinajstić information content (AvgIpc) is 2.83. The van der Waals surface area contributed by atoms with E-state index < -0.39 is 0 Å². The molecule has 0 fully saturated rings. The van der Waals surface area contributed by atoms with Gasteiger partial charge in [-0.15, -0.1) is 41.6 Å². The van der Waals surface area contributed by atoms with Gasteiger partial charge in [0, 0.05) is 31.5 Å². The molecule has 0 amide bonds. The molecular weight excluding hydrogens is 603 g/mol. The molecule has 0 bridgehead atoms. The fourth-order valence-corrected chi connectivity index (χ4v) is 4.28. The molecule has 2 nitrogen and oxygen atoms in total. The summed E-state index contributed by atoms with van der Waals surface area (Å²) < 4.78 is 0. The first-order valence-electron chi connectivity index (χ1n) is 11.8. The Balaban J connectivity index is 0.00000216. The van der Waals surface area contributed by atoms with Crippen molar-refractivity contribution in [1.29, 1.82) is 0 Å². The number of aryl methyl sites for hydroxylation is 1. The van der Waals surface area contributed by atoms with Gasteiger partial charge < -0.3 is 25.2 Å². The van der Waals surface area contributed by atoms with Crippen molar-refractivity contribution < 1.29 is 25.8 Å². The molecule has 4 rings (SSSR count). The Kier molecular flexibility index (Phi) is 12.5. The van der Waals surface area contributed by atoms with Crippen molar-refractivity contribution in [1.82, 2.24) is 4.98 Å². The van der Waals surface area contributed by atoms with E-state index in [-0.39, 0.29) is 46.7 Å². The smallest absolute Gasteiger partial charge is 0.0195 e. The maximum absolute atomic E-state index is 5.46. The zero-order valence-electron chi connectivity index (χ0n) is 22.7. The van der Waals surface area contributed by atoms with Crippen LogP contribution < -0.4 is 0 Å². The van der Waals surface area contributed by atoms with Crippen molar-refractivity contribution in [2.45, 2.75) is 52.5 Å². The van der Waals surface area contributed by atoms with Crippen LogP contribution in [0, 0.1) is 27.8 Å². The molecule has 188 valence electrons. The van der Waals surface area contributed by atoms with Gasteiger partial charge in [0.2, 0.25) is 0 Å². The summed E-state index contributed by atoms with van der Waals surface area (Å²) in [5.41, 5.74) is 8.95. The first-order chi connectivity index (χ1) is 16.0. The zero-order chi connectivity index (χ0) is 23.4. The van der Waals surface area contributed by atoms with Gasteiger partial charge in [-0.2, -0.15) is 0 Å². The summed E-state index contributed by atoms with van der Waals surface area (Å²) in [6.07, 6.45) is 0. The monoisotopic (exact) mass is 642 g/mol. The van der Waals surface area contributed by atoms with Crippen molar-refractivity contribution in [2.24, 2.45) is 0 Å². The number of nitrogens with zero attached hydrogens (tertiary/aromatic N) is 2. The molecule has 36 heavy (non-hydrogen) atoms. The van der Waals surface area contributed by atoms with Gasteiger partial charge in [0.15, 0.2) is 0 Å². The summed E-state index contributed by atoms with van der Waals surface area (Å²) >= 11 is 0. The summed E-state index contributed by atoms with van der Waals surface area (Å²) in [6.45, 7) is 11.1. The van der Waals surface area contributed by atoms with Crippen LogP contribution in [0.3, 0.4) is 0 Å². The molecule has 0 aliphatic carbocycles. The van der Waals surface area contributed by atoms with Crippen LogP contribution in [-0.2, 0) is 25.8 Å². The van der Waals surface area contributed by atoms with Gasteiger partial charge in [-0.25, -0.2) is 0 Å².